The van der Waals surface area contributed by atoms with E-state index >= 15 is 0 Å². The molecule has 0 bridgehead atoms. The molecule has 1 rings (SSSR count). The zero-order chi connectivity index (χ0) is 12.7. The molecule has 0 aliphatic carbocycles. The zero-order valence-corrected chi connectivity index (χ0v) is 10.1. The molecule has 1 aromatic rings. The van der Waals surface area contributed by atoms with E-state index in [-0.39, 0.29) is 0 Å². The normalized spacial score (nSPS) is 13.3. The predicted octanol–water partition coefficient (Wildman–Crippen LogP) is 3.89. The average Bonchev–Trinajstić information content (AvgIpc) is 2.30. The number of hydrogen-bond acceptors (Lipinski definition) is 3. The first kappa shape index (κ1) is 13.1. The summed E-state index contributed by atoms with van der Waals surface area (Å²) in [6, 6.07) is 7.10. The van der Waals surface area contributed by atoms with Crippen molar-refractivity contribution in [3.8, 4) is 5.75 Å². The van der Waals surface area contributed by atoms with E-state index < -0.39 is 5.72 Å². The highest BCUT2D eigenvalue weighted by molar-refractivity contribution is 5.76. The molecule has 0 spiro atoms. The summed E-state index contributed by atoms with van der Waals surface area (Å²) in [4.78, 5) is 2.82. The van der Waals surface area contributed by atoms with Crippen molar-refractivity contribution in [2.24, 2.45) is 5.11 Å². The Morgan fingerprint density at radius 3 is 2.59 bits per heavy atom. The lowest BCUT2D eigenvalue weighted by Gasteiger charge is -2.25. The van der Waals surface area contributed by atoms with Gasteiger partial charge in [0.15, 0.2) is 5.72 Å². The molecule has 0 aliphatic heterocycles. The summed E-state index contributed by atoms with van der Waals surface area (Å²) in [5.41, 5.74) is 8.49. The Morgan fingerprint density at radius 2 is 2.12 bits per heavy atom. The molecular weight excluding hydrogens is 216 g/mol. The van der Waals surface area contributed by atoms with E-state index in [2.05, 4.69) is 10.0 Å². The van der Waals surface area contributed by atoms with Gasteiger partial charge in [-0.3, -0.25) is 0 Å². The molecule has 1 N–H and O–H groups in total. The van der Waals surface area contributed by atoms with Crippen molar-refractivity contribution in [1.82, 2.24) is 0 Å². The highest BCUT2D eigenvalue weighted by Gasteiger charge is 2.23. The molecule has 1 unspecified atom stereocenters. The molecule has 5 nitrogen and oxygen atoms in total. The van der Waals surface area contributed by atoms with Crippen LogP contribution in [0, 0.1) is 5.41 Å². The summed E-state index contributed by atoms with van der Waals surface area (Å²) in [5, 5.41) is 10.8. The number of nitrogens with zero attached hydrogens (tertiary/aromatic N) is 3. The van der Waals surface area contributed by atoms with E-state index in [0.717, 1.165) is 12.0 Å². The average molecular weight is 232 g/mol. The van der Waals surface area contributed by atoms with Crippen molar-refractivity contribution in [2.75, 3.05) is 0 Å². The van der Waals surface area contributed by atoms with E-state index in [1.54, 1.807) is 31.2 Å². The van der Waals surface area contributed by atoms with Crippen LogP contribution in [0.25, 0.3) is 10.4 Å². The zero-order valence-electron chi connectivity index (χ0n) is 10.1. The lowest BCUT2D eigenvalue weighted by Crippen LogP contribution is -2.28. The van der Waals surface area contributed by atoms with Gasteiger partial charge in [-0.15, -0.1) is 0 Å². The summed E-state index contributed by atoms with van der Waals surface area (Å²) in [5.74, 6) is 0.638. The first-order valence-electron chi connectivity index (χ1n) is 5.49. The summed E-state index contributed by atoms with van der Waals surface area (Å²) < 4.78 is 5.69. The lowest BCUT2D eigenvalue weighted by molar-refractivity contribution is 0.0857. The van der Waals surface area contributed by atoms with Crippen LogP contribution in [0.15, 0.2) is 29.4 Å². The van der Waals surface area contributed by atoms with Gasteiger partial charge in [0.25, 0.3) is 0 Å². The van der Waals surface area contributed by atoms with Gasteiger partial charge in [0.05, 0.1) is 0 Å². The molecule has 0 aromatic heterocycles. The number of azide groups is 1. The van der Waals surface area contributed by atoms with Crippen molar-refractivity contribution in [1.29, 1.82) is 5.41 Å². The third-order valence-corrected chi connectivity index (χ3v) is 2.35. The van der Waals surface area contributed by atoms with Crippen LogP contribution in [0.4, 0.5) is 0 Å². The fourth-order valence-corrected chi connectivity index (χ4v) is 1.57. The van der Waals surface area contributed by atoms with Gasteiger partial charge in [-0.05, 0) is 53.8 Å². The van der Waals surface area contributed by atoms with E-state index in [1.165, 1.54) is 6.21 Å². The fourth-order valence-electron chi connectivity index (χ4n) is 1.57. The van der Waals surface area contributed by atoms with Crippen molar-refractivity contribution >= 4 is 6.21 Å². The van der Waals surface area contributed by atoms with Gasteiger partial charge in [0, 0.05) is 11.1 Å². The summed E-state index contributed by atoms with van der Waals surface area (Å²) in [6.07, 6.45) is 2.79. The van der Waals surface area contributed by atoms with Gasteiger partial charge in [-0.1, -0.05) is 13.3 Å². The minimum Gasteiger partial charge on any atom is -0.481 e. The van der Waals surface area contributed by atoms with Gasteiger partial charge in [-0.25, -0.2) is 0 Å². The van der Waals surface area contributed by atoms with Crippen molar-refractivity contribution in [3.05, 3.63) is 40.3 Å². The third-order valence-electron chi connectivity index (χ3n) is 2.35. The Bertz CT molecular complexity index is 423. The smallest absolute Gasteiger partial charge is 0.185 e. The molecule has 17 heavy (non-hydrogen) atoms. The molecule has 1 aromatic carbocycles. The van der Waals surface area contributed by atoms with Crippen molar-refractivity contribution in [3.63, 3.8) is 0 Å². The minimum absolute atomic E-state index is 0.638. The van der Waals surface area contributed by atoms with Crippen LogP contribution in [-0.4, -0.2) is 11.9 Å². The molecule has 0 saturated heterocycles. The van der Waals surface area contributed by atoms with Crippen LogP contribution in [0.5, 0.6) is 5.75 Å². The van der Waals surface area contributed by atoms with Crippen LogP contribution < -0.4 is 4.74 Å². The molecular formula is C12H16N4O. The number of benzene rings is 1. The molecule has 0 aliphatic rings. The Morgan fingerprint density at radius 1 is 1.47 bits per heavy atom. The van der Waals surface area contributed by atoms with Gasteiger partial charge in [0.2, 0.25) is 0 Å². The van der Waals surface area contributed by atoms with Gasteiger partial charge >= 0.3 is 0 Å². The first-order chi connectivity index (χ1) is 8.13. The van der Waals surface area contributed by atoms with E-state index in [0.29, 0.717) is 12.2 Å². The topological polar surface area (TPSA) is 81.8 Å². The number of hydrogen-bond donors (Lipinski definition) is 1. The largest absolute Gasteiger partial charge is 0.481 e. The molecule has 0 radical (unpaired) electrons. The summed E-state index contributed by atoms with van der Waals surface area (Å²) in [6.45, 7) is 3.77. The molecule has 0 heterocycles. The second kappa shape index (κ2) is 5.92. The molecule has 1 atom stereocenters. The van der Waals surface area contributed by atoms with E-state index in [4.69, 9.17) is 15.7 Å². The second-order valence-corrected chi connectivity index (χ2v) is 3.93. The highest BCUT2D eigenvalue weighted by Crippen LogP contribution is 2.24. The fraction of sp³-hybridized carbons (Fsp3) is 0.417. The SMILES string of the molecule is CCCC(C)(N=[N+]=[N-])Oc1ccc(C=N)cc1. The van der Waals surface area contributed by atoms with Crippen LogP contribution >= 0.6 is 0 Å². The third kappa shape index (κ3) is 3.81. The number of rotatable bonds is 6. The Hall–Kier alpha value is -2.00. The van der Waals surface area contributed by atoms with Crippen LogP contribution in [0.1, 0.15) is 32.3 Å². The van der Waals surface area contributed by atoms with Crippen molar-refractivity contribution in [2.45, 2.75) is 32.4 Å². The molecule has 5 heteroatoms. The van der Waals surface area contributed by atoms with E-state index in [1.807, 2.05) is 6.92 Å². The Balaban J connectivity index is 2.85. The lowest BCUT2D eigenvalue weighted by atomic mass is 10.1. The highest BCUT2D eigenvalue weighted by atomic mass is 16.5. The van der Waals surface area contributed by atoms with Gasteiger partial charge < -0.3 is 10.1 Å². The van der Waals surface area contributed by atoms with Crippen molar-refractivity contribution < 1.29 is 4.74 Å². The molecule has 0 amide bonds. The molecule has 0 fully saturated rings. The maximum absolute atomic E-state index is 8.54. The number of ether oxygens (including phenoxy) is 1. The number of nitrogens with one attached hydrogen (secondary N) is 1. The molecule has 90 valence electrons. The summed E-state index contributed by atoms with van der Waals surface area (Å²) in [7, 11) is 0. The standard InChI is InChI=1S/C12H16N4O/c1-3-8-12(2,15-16-14)17-11-6-4-10(9-13)5-7-11/h4-7,9,13H,3,8H2,1-2H3. The van der Waals surface area contributed by atoms with E-state index in [9.17, 15) is 0 Å². The monoisotopic (exact) mass is 232 g/mol. The van der Waals surface area contributed by atoms with Crippen LogP contribution in [0.3, 0.4) is 0 Å². The van der Waals surface area contributed by atoms with Crippen LogP contribution in [-0.2, 0) is 0 Å². The quantitative estimate of drug-likeness (QED) is 0.343. The second-order valence-electron chi connectivity index (χ2n) is 3.93. The van der Waals surface area contributed by atoms with Gasteiger partial charge in [-0.2, -0.15) is 0 Å². The maximum atomic E-state index is 8.54. The minimum atomic E-state index is -0.851. The maximum Gasteiger partial charge on any atom is 0.185 e. The van der Waals surface area contributed by atoms with Gasteiger partial charge in [0.1, 0.15) is 5.75 Å². The molecule has 0 saturated carbocycles. The first-order valence-corrected chi connectivity index (χ1v) is 5.49. The summed E-state index contributed by atoms with van der Waals surface area (Å²) >= 11 is 0. The van der Waals surface area contributed by atoms with Crippen LogP contribution in [0.2, 0.25) is 0 Å². The predicted molar refractivity (Wildman–Crippen MR) is 67.4 cm³/mol. The Kier molecular flexibility index (Phi) is 4.55. The Labute approximate surface area is 101 Å².